The summed E-state index contributed by atoms with van der Waals surface area (Å²) < 4.78 is 0. The van der Waals surface area contributed by atoms with Crippen molar-refractivity contribution in [3.8, 4) is 0 Å². The standard InChI is InChI=1S/C14H15N3O3/c1-14(18)6-8-16(9-14)12-5-4-11-10(3-2-7-15-11)13(12)17(19)20/h2-5,7,18H,6,8-9H2,1H3. The molecular weight excluding hydrogens is 258 g/mol. The first-order chi connectivity index (χ1) is 9.48. The molecule has 0 radical (unpaired) electrons. The molecule has 1 N–H and O–H groups in total. The van der Waals surface area contributed by atoms with Gasteiger partial charge in [-0.1, -0.05) is 0 Å². The zero-order valence-corrected chi connectivity index (χ0v) is 11.1. The number of aliphatic hydroxyl groups is 1. The van der Waals surface area contributed by atoms with E-state index >= 15 is 0 Å². The molecule has 6 heteroatoms. The van der Waals surface area contributed by atoms with Gasteiger partial charge in [0.25, 0.3) is 0 Å². The van der Waals surface area contributed by atoms with Gasteiger partial charge in [0.05, 0.1) is 21.4 Å². The summed E-state index contributed by atoms with van der Waals surface area (Å²) in [6.07, 6.45) is 2.22. The van der Waals surface area contributed by atoms with Crippen LogP contribution >= 0.6 is 0 Å². The molecule has 3 rings (SSSR count). The summed E-state index contributed by atoms with van der Waals surface area (Å²) in [5.74, 6) is 0. The highest BCUT2D eigenvalue weighted by atomic mass is 16.6. The highest BCUT2D eigenvalue weighted by molar-refractivity contribution is 5.94. The first-order valence-corrected chi connectivity index (χ1v) is 6.47. The van der Waals surface area contributed by atoms with Crippen molar-refractivity contribution in [2.75, 3.05) is 18.0 Å². The Bertz CT molecular complexity index is 684. The van der Waals surface area contributed by atoms with Crippen molar-refractivity contribution in [3.05, 3.63) is 40.6 Å². The fourth-order valence-electron chi connectivity index (χ4n) is 2.72. The molecule has 1 atom stereocenters. The second-order valence-electron chi connectivity index (χ2n) is 5.43. The Hall–Kier alpha value is -2.21. The third kappa shape index (κ3) is 2.08. The van der Waals surface area contributed by atoms with Crippen molar-refractivity contribution in [1.82, 2.24) is 4.98 Å². The van der Waals surface area contributed by atoms with Crippen molar-refractivity contribution >= 4 is 22.3 Å². The number of nitro benzene ring substituents is 1. The molecule has 0 bridgehead atoms. The molecule has 1 aliphatic heterocycles. The molecule has 1 aromatic carbocycles. The van der Waals surface area contributed by atoms with Crippen LogP contribution in [0.1, 0.15) is 13.3 Å². The molecule has 2 aromatic rings. The molecule has 0 saturated carbocycles. The number of nitrogens with zero attached hydrogens (tertiary/aromatic N) is 3. The minimum atomic E-state index is -0.794. The number of hydrogen-bond donors (Lipinski definition) is 1. The number of anilines is 1. The van der Waals surface area contributed by atoms with E-state index in [0.717, 1.165) is 0 Å². The van der Waals surface area contributed by atoms with Gasteiger partial charge in [-0.3, -0.25) is 15.1 Å². The maximum absolute atomic E-state index is 11.4. The number of fused-ring (bicyclic) bond motifs is 1. The molecule has 20 heavy (non-hydrogen) atoms. The van der Waals surface area contributed by atoms with Crippen LogP contribution in [0.3, 0.4) is 0 Å². The molecule has 0 spiro atoms. The van der Waals surface area contributed by atoms with Gasteiger partial charge in [-0.15, -0.1) is 0 Å². The Kier molecular flexibility index (Phi) is 2.83. The zero-order valence-electron chi connectivity index (χ0n) is 11.1. The molecule has 0 aliphatic carbocycles. The Labute approximate surface area is 115 Å². The molecule has 1 saturated heterocycles. The molecule has 1 fully saturated rings. The van der Waals surface area contributed by atoms with Gasteiger partial charge < -0.3 is 10.0 Å². The van der Waals surface area contributed by atoms with Gasteiger partial charge in [0.1, 0.15) is 5.69 Å². The SMILES string of the molecule is CC1(O)CCN(c2ccc3ncccc3c2[N+](=O)[O-])C1. The van der Waals surface area contributed by atoms with Crippen LogP contribution in [0.4, 0.5) is 11.4 Å². The average molecular weight is 273 g/mol. The minimum Gasteiger partial charge on any atom is -0.388 e. The molecule has 2 heterocycles. The normalized spacial score (nSPS) is 22.4. The Morgan fingerprint density at radius 2 is 2.25 bits per heavy atom. The third-order valence-electron chi connectivity index (χ3n) is 3.71. The number of benzene rings is 1. The number of hydrogen-bond acceptors (Lipinski definition) is 5. The quantitative estimate of drug-likeness (QED) is 0.669. The predicted molar refractivity (Wildman–Crippen MR) is 75.9 cm³/mol. The lowest BCUT2D eigenvalue weighted by molar-refractivity contribution is -0.382. The van der Waals surface area contributed by atoms with Gasteiger partial charge in [0.15, 0.2) is 0 Å². The van der Waals surface area contributed by atoms with Crippen LogP contribution < -0.4 is 4.90 Å². The Morgan fingerprint density at radius 3 is 2.90 bits per heavy atom. The Morgan fingerprint density at radius 1 is 1.45 bits per heavy atom. The van der Waals surface area contributed by atoms with Crippen molar-refractivity contribution in [3.63, 3.8) is 0 Å². The van der Waals surface area contributed by atoms with E-state index in [-0.39, 0.29) is 10.6 Å². The number of aromatic nitrogens is 1. The van der Waals surface area contributed by atoms with Crippen molar-refractivity contribution in [2.24, 2.45) is 0 Å². The predicted octanol–water partition coefficient (Wildman–Crippen LogP) is 2.10. The molecule has 0 amide bonds. The van der Waals surface area contributed by atoms with E-state index in [4.69, 9.17) is 0 Å². The highest BCUT2D eigenvalue weighted by Crippen LogP contribution is 2.37. The van der Waals surface area contributed by atoms with Crippen LogP contribution in [0.5, 0.6) is 0 Å². The largest absolute Gasteiger partial charge is 0.388 e. The van der Waals surface area contributed by atoms with Crippen LogP contribution in [0, 0.1) is 10.1 Å². The van der Waals surface area contributed by atoms with Gasteiger partial charge >= 0.3 is 5.69 Å². The van der Waals surface area contributed by atoms with Crippen molar-refractivity contribution in [1.29, 1.82) is 0 Å². The van der Waals surface area contributed by atoms with E-state index in [9.17, 15) is 15.2 Å². The lowest BCUT2D eigenvalue weighted by Gasteiger charge is -2.21. The maximum atomic E-state index is 11.4. The van der Waals surface area contributed by atoms with E-state index in [1.165, 1.54) is 0 Å². The minimum absolute atomic E-state index is 0.0632. The summed E-state index contributed by atoms with van der Waals surface area (Å²) in [7, 11) is 0. The summed E-state index contributed by atoms with van der Waals surface area (Å²) in [5.41, 5.74) is 0.424. The number of nitro groups is 1. The molecule has 1 unspecified atom stereocenters. The van der Waals surface area contributed by atoms with Gasteiger partial charge in [0, 0.05) is 19.3 Å². The average Bonchev–Trinajstić information content (AvgIpc) is 2.77. The van der Waals surface area contributed by atoms with E-state index in [2.05, 4.69) is 4.98 Å². The second-order valence-corrected chi connectivity index (χ2v) is 5.43. The molecular formula is C14H15N3O3. The fraction of sp³-hybridized carbons (Fsp3) is 0.357. The van der Waals surface area contributed by atoms with Gasteiger partial charge in [-0.25, -0.2) is 0 Å². The van der Waals surface area contributed by atoms with Crippen LogP contribution in [0.25, 0.3) is 10.9 Å². The van der Waals surface area contributed by atoms with E-state index < -0.39 is 5.60 Å². The van der Waals surface area contributed by atoms with E-state index in [1.54, 1.807) is 37.4 Å². The summed E-state index contributed by atoms with van der Waals surface area (Å²) in [6, 6.07) is 6.90. The summed E-state index contributed by atoms with van der Waals surface area (Å²) in [5, 5.41) is 22.0. The summed E-state index contributed by atoms with van der Waals surface area (Å²) in [4.78, 5) is 17.1. The molecule has 1 aliphatic rings. The number of β-amino-alcohol motifs (C(OH)–C–C–N with tert-alkyl or cyclic N) is 1. The van der Waals surface area contributed by atoms with Crippen LogP contribution in [-0.4, -0.2) is 33.7 Å². The lowest BCUT2D eigenvalue weighted by Crippen LogP contribution is -2.29. The van der Waals surface area contributed by atoms with Crippen LogP contribution in [0.2, 0.25) is 0 Å². The topological polar surface area (TPSA) is 79.5 Å². The summed E-state index contributed by atoms with van der Waals surface area (Å²) >= 11 is 0. The van der Waals surface area contributed by atoms with Crippen molar-refractivity contribution < 1.29 is 10.0 Å². The van der Waals surface area contributed by atoms with E-state index in [0.29, 0.717) is 36.1 Å². The molecule has 1 aromatic heterocycles. The smallest absolute Gasteiger partial charge is 0.301 e. The zero-order chi connectivity index (χ0) is 14.3. The van der Waals surface area contributed by atoms with Gasteiger partial charge in [0.2, 0.25) is 0 Å². The summed E-state index contributed by atoms with van der Waals surface area (Å²) in [6.45, 7) is 2.76. The fourth-order valence-corrected chi connectivity index (χ4v) is 2.72. The van der Waals surface area contributed by atoms with Crippen LogP contribution in [0.15, 0.2) is 30.5 Å². The monoisotopic (exact) mass is 273 g/mol. The number of pyridine rings is 1. The van der Waals surface area contributed by atoms with E-state index in [1.807, 2.05) is 4.90 Å². The lowest BCUT2D eigenvalue weighted by atomic mass is 10.1. The first kappa shape index (κ1) is 12.8. The molecule has 104 valence electrons. The molecule has 6 nitrogen and oxygen atoms in total. The van der Waals surface area contributed by atoms with Gasteiger partial charge in [-0.2, -0.15) is 0 Å². The number of rotatable bonds is 2. The van der Waals surface area contributed by atoms with Crippen LogP contribution in [-0.2, 0) is 0 Å². The maximum Gasteiger partial charge on any atom is 0.301 e. The van der Waals surface area contributed by atoms with Gasteiger partial charge in [-0.05, 0) is 37.6 Å². The van der Waals surface area contributed by atoms with Crippen molar-refractivity contribution in [2.45, 2.75) is 18.9 Å². The Balaban J connectivity index is 2.16. The second kappa shape index (κ2) is 4.42. The third-order valence-corrected chi connectivity index (χ3v) is 3.71. The highest BCUT2D eigenvalue weighted by Gasteiger charge is 2.34. The first-order valence-electron chi connectivity index (χ1n) is 6.47.